The fourth-order valence-corrected chi connectivity index (χ4v) is 4.82. The molecule has 202 valence electrons. The van der Waals surface area contributed by atoms with E-state index >= 15 is 0 Å². The summed E-state index contributed by atoms with van der Waals surface area (Å²) in [6, 6.07) is 15.3. The quantitative estimate of drug-likeness (QED) is 0.101. The van der Waals surface area contributed by atoms with Gasteiger partial charge < -0.3 is 9.47 Å². The van der Waals surface area contributed by atoms with E-state index in [4.69, 9.17) is 14.5 Å². The highest BCUT2D eigenvalue weighted by molar-refractivity contribution is 9.10. The Bertz CT molecular complexity index is 1620. The lowest BCUT2D eigenvalue weighted by molar-refractivity contribution is -0.384. The SMILES string of the molecule is CCOc1cc(C=Nn2c([C@@H](C)CC)nc3ccc(Br)cc3c2=O)cc(Br)c1OCc1cccc([N+](=O)[O-])c1. The molecule has 0 fully saturated rings. The number of non-ortho nitro benzene ring substituents is 1. The average molecular weight is 658 g/mol. The maximum Gasteiger partial charge on any atom is 0.282 e. The molecular formula is C28H26Br2N4O5. The van der Waals surface area contributed by atoms with E-state index in [0.29, 0.717) is 50.4 Å². The highest BCUT2D eigenvalue weighted by Crippen LogP contribution is 2.37. The number of halogens is 2. The molecular weight excluding hydrogens is 632 g/mol. The van der Waals surface area contributed by atoms with Crippen molar-refractivity contribution in [2.75, 3.05) is 6.61 Å². The molecule has 39 heavy (non-hydrogen) atoms. The number of nitro groups is 1. The van der Waals surface area contributed by atoms with Gasteiger partial charge in [0.1, 0.15) is 12.4 Å². The third-order valence-corrected chi connectivity index (χ3v) is 7.13. The largest absolute Gasteiger partial charge is 0.490 e. The van der Waals surface area contributed by atoms with Crippen molar-refractivity contribution in [3.05, 3.63) is 101 Å². The molecule has 0 saturated heterocycles. The van der Waals surface area contributed by atoms with Gasteiger partial charge in [0, 0.05) is 22.5 Å². The predicted molar refractivity (Wildman–Crippen MR) is 158 cm³/mol. The number of rotatable bonds is 10. The number of hydrogen-bond acceptors (Lipinski definition) is 7. The summed E-state index contributed by atoms with van der Waals surface area (Å²) in [4.78, 5) is 28.8. The molecule has 0 N–H and O–H groups in total. The van der Waals surface area contributed by atoms with E-state index in [1.54, 1.807) is 36.5 Å². The molecule has 1 heterocycles. The minimum Gasteiger partial charge on any atom is -0.490 e. The summed E-state index contributed by atoms with van der Waals surface area (Å²) < 4.78 is 14.6. The van der Waals surface area contributed by atoms with E-state index in [2.05, 4.69) is 37.0 Å². The topological polar surface area (TPSA) is 109 Å². The lowest BCUT2D eigenvalue weighted by Gasteiger charge is -2.15. The molecule has 0 unspecified atom stereocenters. The molecule has 0 aliphatic rings. The molecule has 3 aromatic carbocycles. The summed E-state index contributed by atoms with van der Waals surface area (Å²) in [7, 11) is 0. The fraction of sp³-hybridized carbons (Fsp3) is 0.250. The van der Waals surface area contributed by atoms with Gasteiger partial charge in [-0.1, -0.05) is 41.9 Å². The van der Waals surface area contributed by atoms with Crippen LogP contribution in [0.2, 0.25) is 0 Å². The maximum atomic E-state index is 13.4. The van der Waals surface area contributed by atoms with Crippen molar-refractivity contribution in [3.8, 4) is 11.5 Å². The number of hydrogen-bond donors (Lipinski definition) is 0. The van der Waals surface area contributed by atoms with Gasteiger partial charge >= 0.3 is 0 Å². The van der Waals surface area contributed by atoms with Crippen molar-refractivity contribution in [2.24, 2.45) is 5.10 Å². The lowest BCUT2D eigenvalue weighted by Crippen LogP contribution is -2.23. The molecule has 0 saturated carbocycles. The summed E-state index contributed by atoms with van der Waals surface area (Å²) in [5.41, 5.74) is 1.68. The molecule has 0 aliphatic heterocycles. The van der Waals surface area contributed by atoms with E-state index < -0.39 is 4.92 Å². The van der Waals surface area contributed by atoms with Gasteiger partial charge in [0.25, 0.3) is 11.2 Å². The van der Waals surface area contributed by atoms with Crippen LogP contribution in [0.4, 0.5) is 5.69 Å². The Balaban J connectivity index is 1.69. The molecule has 1 aromatic heterocycles. The number of aromatic nitrogens is 2. The third-order valence-electron chi connectivity index (χ3n) is 6.05. The van der Waals surface area contributed by atoms with Crippen LogP contribution in [0.15, 0.2) is 73.4 Å². The second-order valence-electron chi connectivity index (χ2n) is 8.78. The molecule has 0 amide bonds. The first-order valence-electron chi connectivity index (χ1n) is 12.3. The van der Waals surface area contributed by atoms with Gasteiger partial charge in [-0.25, -0.2) is 4.98 Å². The molecule has 1 atom stereocenters. The zero-order valence-corrected chi connectivity index (χ0v) is 24.7. The second-order valence-corrected chi connectivity index (χ2v) is 10.6. The van der Waals surface area contributed by atoms with Gasteiger partial charge in [-0.15, -0.1) is 0 Å². The molecule has 0 aliphatic carbocycles. The van der Waals surface area contributed by atoms with Crippen molar-refractivity contribution in [1.29, 1.82) is 0 Å². The van der Waals surface area contributed by atoms with Crippen molar-refractivity contribution in [2.45, 2.75) is 39.7 Å². The Labute approximate surface area is 241 Å². The molecule has 9 nitrogen and oxygen atoms in total. The number of ether oxygens (including phenoxy) is 2. The smallest absolute Gasteiger partial charge is 0.282 e. The number of fused-ring (bicyclic) bond motifs is 1. The van der Waals surface area contributed by atoms with Gasteiger partial charge in [-0.2, -0.15) is 9.78 Å². The van der Waals surface area contributed by atoms with E-state index in [1.807, 2.05) is 32.9 Å². The first-order chi connectivity index (χ1) is 18.7. The van der Waals surface area contributed by atoms with Crippen LogP contribution in [0.1, 0.15) is 50.1 Å². The normalized spacial score (nSPS) is 12.1. The van der Waals surface area contributed by atoms with Crippen molar-refractivity contribution < 1.29 is 14.4 Å². The Morgan fingerprint density at radius 3 is 2.64 bits per heavy atom. The van der Waals surface area contributed by atoms with E-state index in [9.17, 15) is 14.9 Å². The number of nitro benzene ring substituents is 1. The Morgan fingerprint density at radius 1 is 1.13 bits per heavy atom. The van der Waals surface area contributed by atoms with Crippen molar-refractivity contribution >= 4 is 54.7 Å². The monoisotopic (exact) mass is 656 g/mol. The highest BCUT2D eigenvalue weighted by Gasteiger charge is 2.17. The molecule has 4 rings (SSSR count). The summed E-state index contributed by atoms with van der Waals surface area (Å²) in [6.07, 6.45) is 2.37. The summed E-state index contributed by atoms with van der Waals surface area (Å²) in [5, 5.41) is 16.1. The van der Waals surface area contributed by atoms with Crippen LogP contribution in [-0.2, 0) is 6.61 Å². The zero-order chi connectivity index (χ0) is 28.1. The van der Waals surface area contributed by atoms with Crippen LogP contribution < -0.4 is 15.0 Å². The zero-order valence-electron chi connectivity index (χ0n) is 21.6. The predicted octanol–water partition coefficient (Wildman–Crippen LogP) is 7.20. The van der Waals surface area contributed by atoms with E-state index in [-0.39, 0.29) is 23.8 Å². The summed E-state index contributed by atoms with van der Waals surface area (Å²) >= 11 is 6.98. The van der Waals surface area contributed by atoms with Gasteiger partial charge in [-0.05, 0) is 70.7 Å². The molecule has 0 spiro atoms. The van der Waals surface area contributed by atoms with Gasteiger partial charge in [-0.3, -0.25) is 14.9 Å². The first-order valence-corrected chi connectivity index (χ1v) is 13.9. The number of nitrogens with zero attached hydrogens (tertiary/aromatic N) is 4. The van der Waals surface area contributed by atoms with Gasteiger partial charge in [0.15, 0.2) is 11.5 Å². The standard InChI is InChI=1S/C28H26Br2N4O5/c1-4-17(3)27-32-24-10-9-20(29)14-22(24)28(35)33(27)31-15-19-12-23(30)26(25(13-19)38-5-2)39-16-18-7-6-8-21(11-18)34(36)37/h6-15,17H,4-5,16H2,1-3H3/t17-/m0/s1. The number of benzene rings is 3. The van der Waals surface area contributed by atoms with Crippen LogP contribution in [-0.4, -0.2) is 27.4 Å². The third kappa shape index (κ3) is 6.54. The first kappa shape index (κ1) is 28.4. The van der Waals surface area contributed by atoms with Crippen LogP contribution in [0, 0.1) is 10.1 Å². The minimum absolute atomic E-state index is 0.00528. The summed E-state index contributed by atoms with van der Waals surface area (Å²) in [6.45, 7) is 6.40. The van der Waals surface area contributed by atoms with Gasteiger partial charge in [0.2, 0.25) is 0 Å². The van der Waals surface area contributed by atoms with Gasteiger partial charge in [0.05, 0.1) is 33.1 Å². The van der Waals surface area contributed by atoms with Crippen molar-refractivity contribution in [3.63, 3.8) is 0 Å². The highest BCUT2D eigenvalue weighted by atomic mass is 79.9. The summed E-state index contributed by atoms with van der Waals surface area (Å²) in [5.74, 6) is 1.51. The molecule has 4 aromatic rings. The Hall–Kier alpha value is -3.57. The molecule has 0 bridgehead atoms. The van der Waals surface area contributed by atoms with E-state index in [1.165, 1.54) is 16.8 Å². The minimum atomic E-state index is -0.443. The van der Waals surface area contributed by atoms with Crippen LogP contribution in [0.5, 0.6) is 11.5 Å². The average Bonchev–Trinajstić information content (AvgIpc) is 2.92. The fourth-order valence-electron chi connectivity index (χ4n) is 3.88. The maximum absolute atomic E-state index is 13.4. The van der Waals surface area contributed by atoms with Crippen molar-refractivity contribution in [1.82, 2.24) is 9.66 Å². The molecule has 0 radical (unpaired) electrons. The van der Waals surface area contributed by atoms with Crippen LogP contribution in [0.25, 0.3) is 10.9 Å². The molecule has 11 heteroatoms. The van der Waals surface area contributed by atoms with Crippen LogP contribution >= 0.6 is 31.9 Å². The van der Waals surface area contributed by atoms with E-state index in [0.717, 1.165) is 10.9 Å². The second kappa shape index (κ2) is 12.5. The lowest BCUT2D eigenvalue weighted by atomic mass is 10.1. The Morgan fingerprint density at radius 2 is 1.92 bits per heavy atom. The Kier molecular flexibility index (Phi) is 9.13. The van der Waals surface area contributed by atoms with Crippen LogP contribution in [0.3, 0.4) is 0 Å².